The Labute approximate surface area is 169 Å². The molecule has 3 rings (SSSR count). The monoisotopic (exact) mass is 570 g/mol. The highest BCUT2D eigenvalue weighted by atomic mass is 79.9. The van der Waals surface area contributed by atoms with Gasteiger partial charge in [0.1, 0.15) is 13.1 Å². The van der Waals surface area contributed by atoms with Crippen LogP contribution in [0.2, 0.25) is 0 Å². The SMILES string of the molecule is Brc1cccc(Br)c1N1C=[N+](c2c(Br)cccc2Br)CC1.[Cl-]. The van der Waals surface area contributed by atoms with E-state index in [1.54, 1.807) is 0 Å². The van der Waals surface area contributed by atoms with Gasteiger partial charge in [0.05, 0.1) is 17.9 Å². The number of hydrogen-bond acceptors (Lipinski definition) is 1. The molecule has 1 heterocycles. The van der Waals surface area contributed by atoms with Crippen LogP contribution in [0.15, 0.2) is 54.3 Å². The van der Waals surface area contributed by atoms with E-state index in [1.165, 1.54) is 0 Å². The van der Waals surface area contributed by atoms with E-state index in [4.69, 9.17) is 0 Å². The van der Waals surface area contributed by atoms with Crippen molar-refractivity contribution in [1.29, 1.82) is 0 Å². The highest BCUT2D eigenvalue weighted by molar-refractivity contribution is 9.11. The number of anilines is 1. The molecule has 0 bridgehead atoms. The fraction of sp³-hybridized carbons (Fsp3) is 0.133. The molecule has 0 fully saturated rings. The zero-order valence-corrected chi connectivity index (χ0v) is 18.3. The standard InChI is InChI=1S/C15H11Br4N2.ClH/c16-10-3-1-4-11(17)14(10)20-7-8-21(9-20)15-12(18)5-2-6-13(15)19;/h1-6,9H,7-8H2;1H/q+1;/p-1. The number of benzene rings is 2. The Bertz CT molecular complexity index is 693. The van der Waals surface area contributed by atoms with E-state index in [1.807, 2.05) is 12.1 Å². The van der Waals surface area contributed by atoms with E-state index in [-0.39, 0.29) is 12.4 Å². The first-order valence-electron chi connectivity index (χ1n) is 6.34. The largest absolute Gasteiger partial charge is 1.00 e. The summed E-state index contributed by atoms with van der Waals surface area (Å²) in [5.41, 5.74) is 2.31. The van der Waals surface area contributed by atoms with Gasteiger partial charge in [0.2, 0.25) is 6.34 Å². The first-order valence-corrected chi connectivity index (χ1v) is 9.51. The number of nitrogens with zero attached hydrogens (tertiary/aromatic N) is 2. The predicted molar refractivity (Wildman–Crippen MR) is 102 cm³/mol. The molecule has 0 unspecified atom stereocenters. The van der Waals surface area contributed by atoms with Crippen molar-refractivity contribution in [2.24, 2.45) is 0 Å². The molecule has 0 radical (unpaired) electrons. The molecule has 0 saturated heterocycles. The van der Waals surface area contributed by atoms with Crippen LogP contribution in [0, 0.1) is 0 Å². The van der Waals surface area contributed by atoms with E-state index in [0.717, 1.165) is 42.4 Å². The summed E-state index contributed by atoms with van der Waals surface area (Å²) in [6.07, 6.45) is 2.15. The normalized spacial score (nSPS) is 13.8. The van der Waals surface area contributed by atoms with Gasteiger partial charge in [-0.05, 0) is 88.0 Å². The van der Waals surface area contributed by atoms with Crippen LogP contribution in [0.25, 0.3) is 0 Å². The third kappa shape index (κ3) is 3.61. The molecule has 0 aromatic heterocycles. The lowest BCUT2D eigenvalue weighted by Gasteiger charge is -2.10. The first-order chi connectivity index (χ1) is 10.1. The second-order valence-corrected chi connectivity index (χ2v) is 8.06. The maximum Gasteiger partial charge on any atom is 0.244 e. The van der Waals surface area contributed by atoms with Crippen LogP contribution in [0.5, 0.6) is 0 Å². The van der Waals surface area contributed by atoms with Gasteiger partial charge < -0.3 is 12.4 Å². The minimum atomic E-state index is 0. The molecule has 0 atom stereocenters. The maximum atomic E-state index is 3.63. The zero-order valence-electron chi connectivity index (χ0n) is 11.2. The molecule has 1 aliphatic rings. The molecule has 0 saturated carbocycles. The third-order valence-electron chi connectivity index (χ3n) is 3.31. The quantitative estimate of drug-likeness (QED) is 0.501. The van der Waals surface area contributed by atoms with E-state index in [9.17, 15) is 0 Å². The lowest BCUT2D eigenvalue weighted by Crippen LogP contribution is -3.00. The molecule has 22 heavy (non-hydrogen) atoms. The van der Waals surface area contributed by atoms with Gasteiger partial charge in [-0.1, -0.05) is 12.1 Å². The van der Waals surface area contributed by atoms with Gasteiger partial charge >= 0.3 is 0 Å². The molecule has 116 valence electrons. The minimum Gasteiger partial charge on any atom is -1.00 e. The van der Waals surface area contributed by atoms with Crippen LogP contribution in [-0.4, -0.2) is 24.0 Å². The molecule has 0 amide bonds. The van der Waals surface area contributed by atoms with Gasteiger partial charge in [0.25, 0.3) is 0 Å². The van der Waals surface area contributed by atoms with E-state index >= 15 is 0 Å². The zero-order chi connectivity index (χ0) is 15.0. The van der Waals surface area contributed by atoms with Gasteiger partial charge in [0.15, 0.2) is 11.4 Å². The number of para-hydroxylation sites is 2. The molecule has 0 N–H and O–H groups in total. The lowest BCUT2D eigenvalue weighted by molar-refractivity contribution is -0.425. The van der Waals surface area contributed by atoms with Crippen LogP contribution >= 0.6 is 63.7 Å². The Morgan fingerprint density at radius 2 is 1.32 bits per heavy atom. The van der Waals surface area contributed by atoms with Gasteiger partial charge in [-0.3, -0.25) is 0 Å². The van der Waals surface area contributed by atoms with Crippen molar-refractivity contribution < 1.29 is 17.0 Å². The highest BCUT2D eigenvalue weighted by Gasteiger charge is 2.28. The smallest absolute Gasteiger partial charge is 0.244 e. The topological polar surface area (TPSA) is 6.25 Å². The summed E-state index contributed by atoms with van der Waals surface area (Å²) in [6.45, 7) is 1.88. The summed E-state index contributed by atoms with van der Waals surface area (Å²) >= 11 is 14.5. The maximum absolute atomic E-state index is 3.63. The van der Waals surface area contributed by atoms with Crippen molar-refractivity contribution >= 4 is 81.4 Å². The summed E-state index contributed by atoms with van der Waals surface area (Å²) in [5.74, 6) is 0. The van der Waals surface area contributed by atoms with Crippen LogP contribution in [-0.2, 0) is 0 Å². The molecule has 1 aliphatic heterocycles. The average molecular weight is 574 g/mol. The molecule has 7 heteroatoms. The summed E-state index contributed by atoms with van der Waals surface area (Å²) in [6, 6.07) is 12.3. The van der Waals surface area contributed by atoms with Crippen molar-refractivity contribution in [3.8, 4) is 0 Å². The molecular weight excluding hydrogens is 563 g/mol. The highest BCUT2D eigenvalue weighted by Crippen LogP contribution is 2.37. The Kier molecular flexibility index (Phi) is 6.54. The summed E-state index contributed by atoms with van der Waals surface area (Å²) in [7, 11) is 0. The second kappa shape index (κ2) is 7.79. The van der Waals surface area contributed by atoms with Gasteiger partial charge in [-0.25, -0.2) is 9.48 Å². The number of rotatable bonds is 2. The predicted octanol–water partition coefficient (Wildman–Crippen LogP) is 2.93. The van der Waals surface area contributed by atoms with Crippen molar-refractivity contribution in [1.82, 2.24) is 0 Å². The molecule has 0 spiro atoms. The van der Waals surface area contributed by atoms with Gasteiger partial charge in [-0.15, -0.1) is 0 Å². The first kappa shape index (κ1) is 18.5. The van der Waals surface area contributed by atoms with Gasteiger partial charge in [0, 0.05) is 0 Å². The fourth-order valence-electron chi connectivity index (χ4n) is 2.37. The Hall–Kier alpha value is 0.120. The van der Waals surface area contributed by atoms with Crippen LogP contribution in [0.4, 0.5) is 11.4 Å². The summed E-state index contributed by atoms with van der Waals surface area (Å²) in [4.78, 5) is 2.25. The molecular formula is C15H11Br4ClN2. The minimum absolute atomic E-state index is 0. The Balaban J connectivity index is 0.00000176. The third-order valence-corrected chi connectivity index (χ3v) is 5.87. The van der Waals surface area contributed by atoms with Crippen molar-refractivity contribution in [2.75, 3.05) is 18.0 Å². The van der Waals surface area contributed by atoms with Crippen LogP contribution < -0.4 is 17.3 Å². The lowest BCUT2D eigenvalue weighted by atomic mass is 10.3. The van der Waals surface area contributed by atoms with Crippen molar-refractivity contribution in [3.63, 3.8) is 0 Å². The van der Waals surface area contributed by atoms with E-state index in [2.05, 4.69) is 104 Å². The fourth-order valence-corrected chi connectivity index (χ4v) is 5.27. The van der Waals surface area contributed by atoms with Crippen molar-refractivity contribution in [3.05, 3.63) is 54.3 Å². The van der Waals surface area contributed by atoms with Crippen molar-refractivity contribution in [2.45, 2.75) is 0 Å². The van der Waals surface area contributed by atoms with E-state index in [0.29, 0.717) is 0 Å². The molecule has 2 nitrogen and oxygen atoms in total. The average Bonchev–Trinajstić information content (AvgIpc) is 2.87. The second-order valence-electron chi connectivity index (χ2n) is 4.64. The van der Waals surface area contributed by atoms with Crippen LogP contribution in [0.1, 0.15) is 0 Å². The molecule has 0 aliphatic carbocycles. The Morgan fingerprint density at radius 3 is 1.86 bits per heavy atom. The van der Waals surface area contributed by atoms with E-state index < -0.39 is 0 Å². The van der Waals surface area contributed by atoms with Crippen LogP contribution in [0.3, 0.4) is 0 Å². The number of halogens is 5. The summed E-state index contributed by atoms with van der Waals surface area (Å²) < 4.78 is 6.59. The molecule has 2 aromatic carbocycles. The Morgan fingerprint density at radius 1 is 0.818 bits per heavy atom. The van der Waals surface area contributed by atoms with Gasteiger partial charge in [-0.2, -0.15) is 0 Å². The summed E-state index contributed by atoms with van der Waals surface area (Å²) in [5, 5.41) is 0. The number of hydrogen-bond donors (Lipinski definition) is 0. The molecule has 2 aromatic rings.